The van der Waals surface area contributed by atoms with E-state index in [2.05, 4.69) is 30.6 Å². The number of hydrogen-bond acceptors (Lipinski definition) is 4. The molecule has 4 aromatic rings. The van der Waals surface area contributed by atoms with Crippen molar-refractivity contribution in [1.29, 1.82) is 0 Å². The second kappa shape index (κ2) is 7.36. The molecule has 4 N–H and O–H groups in total. The van der Waals surface area contributed by atoms with E-state index in [9.17, 15) is 9.59 Å². The minimum Gasteiger partial charge on any atom is -0.341 e. The number of fused-ring (bicyclic) bond motifs is 1. The van der Waals surface area contributed by atoms with Gasteiger partial charge in [0.15, 0.2) is 5.52 Å². The van der Waals surface area contributed by atoms with E-state index >= 15 is 0 Å². The van der Waals surface area contributed by atoms with E-state index in [1.165, 1.54) is 0 Å². The number of aromatic nitrogens is 4. The van der Waals surface area contributed by atoms with Gasteiger partial charge in [-0.25, -0.2) is 9.78 Å². The number of H-pyrrole nitrogens is 2. The van der Waals surface area contributed by atoms with Crippen LogP contribution in [0, 0.1) is 6.92 Å². The van der Waals surface area contributed by atoms with E-state index in [0.29, 0.717) is 34.7 Å². The fourth-order valence-electron chi connectivity index (χ4n) is 2.90. The van der Waals surface area contributed by atoms with E-state index < -0.39 is 0 Å². The molecule has 8 heteroatoms. The molecular weight excluding hydrogens is 356 g/mol. The van der Waals surface area contributed by atoms with E-state index in [1.807, 2.05) is 37.3 Å². The maximum Gasteiger partial charge on any atom is 0.323 e. The maximum atomic E-state index is 12.1. The topological polar surface area (TPSA) is 116 Å². The number of hydrogen-bond donors (Lipinski definition) is 4. The van der Waals surface area contributed by atoms with Gasteiger partial charge in [-0.05, 0) is 42.3 Å². The Kier molecular flexibility index (Phi) is 4.59. The van der Waals surface area contributed by atoms with E-state index in [1.54, 1.807) is 24.7 Å². The number of pyridine rings is 2. The SMILES string of the molecule is Cc1cncc(NC(=O)Nc2ccc(Cc3nc4c(=O)[nH]ccc4[nH]3)cc2)c1. The fraction of sp³-hybridized carbons (Fsp3) is 0.100. The fourth-order valence-corrected chi connectivity index (χ4v) is 2.90. The molecule has 1 aromatic carbocycles. The van der Waals surface area contributed by atoms with Crippen LogP contribution in [0.15, 0.2) is 59.8 Å². The maximum absolute atomic E-state index is 12.1. The molecule has 3 aromatic heterocycles. The van der Waals surface area contributed by atoms with Crippen LogP contribution in [0.4, 0.5) is 16.2 Å². The third kappa shape index (κ3) is 3.90. The molecule has 3 heterocycles. The van der Waals surface area contributed by atoms with Crippen molar-refractivity contribution in [1.82, 2.24) is 19.9 Å². The largest absolute Gasteiger partial charge is 0.341 e. The van der Waals surface area contributed by atoms with Gasteiger partial charge in [0.1, 0.15) is 5.82 Å². The van der Waals surface area contributed by atoms with Gasteiger partial charge in [-0.15, -0.1) is 0 Å². The standard InChI is InChI=1S/C20H18N6O2/c1-12-8-15(11-21-10-12)24-20(28)23-14-4-2-13(3-5-14)9-17-25-16-6-7-22-19(27)18(16)26-17/h2-8,10-11H,9H2,1H3,(H,22,27)(H,25,26)(H2,23,24,28). The molecule has 4 rings (SSSR count). The summed E-state index contributed by atoms with van der Waals surface area (Å²) in [6.07, 6.45) is 5.45. The van der Waals surface area contributed by atoms with Crippen LogP contribution < -0.4 is 16.2 Å². The van der Waals surface area contributed by atoms with Crippen molar-refractivity contribution in [3.63, 3.8) is 0 Å². The number of aromatic amines is 2. The van der Waals surface area contributed by atoms with Crippen molar-refractivity contribution in [2.24, 2.45) is 0 Å². The summed E-state index contributed by atoms with van der Waals surface area (Å²) in [5.74, 6) is 0.706. The lowest BCUT2D eigenvalue weighted by molar-refractivity contribution is 0.262. The molecule has 0 fully saturated rings. The van der Waals surface area contributed by atoms with Crippen molar-refractivity contribution in [2.45, 2.75) is 13.3 Å². The Hall–Kier alpha value is -3.94. The molecule has 140 valence electrons. The highest BCUT2D eigenvalue weighted by molar-refractivity contribution is 5.99. The monoisotopic (exact) mass is 374 g/mol. The molecule has 0 bridgehead atoms. The summed E-state index contributed by atoms with van der Waals surface area (Å²) in [5, 5.41) is 5.53. The summed E-state index contributed by atoms with van der Waals surface area (Å²) < 4.78 is 0. The molecule has 28 heavy (non-hydrogen) atoms. The first-order valence-electron chi connectivity index (χ1n) is 8.72. The Morgan fingerprint density at radius 1 is 1.07 bits per heavy atom. The Labute approximate surface area is 160 Å². The lowest BCUT2D eigenvalue weighted by atomic mass is 10.1. The zero-order valence-corrected chi connectivity index (χ0v) is 15.1. The van der Waals surface area contributed by atoms with E-state index in [4.69, 9.17) is 0 Å². The summed E-state index contributed by atoms with van der Waals surface area (Å²) >= 11 is 0. The highest BCUT2D eigenvalue weighted by atomic mass is 16.2. The Morgan fingerprint density at radius 2 is 1.86 bits per heavy atom. The van der Waals surface area contributed by atoms with Gasteiger partial charge in [-0.2, -0.15) is 0 Å². The highest BCUT2D eigenvalue weighted by Gasteiger charge is 2.07. The second-order valence-corrected chi connectivity index (χ2v) is 6.46. The Morgan fingerprint density at radius 3 is 2.61 bits per heavy atom. The Balaban J connectivity index is 1.41. The molecule has 0 atom stereocenters. The summed E-state index contributed by atoms with van der Waals surface area (Å²) in [5.41, 5.74) is 4.17. The zero-order valence-electron chi connectivity index (χ0n) is 15.1. The molecule has 8 nitrogen and oxygen atoms in total. The number of imidazole rings is 1. The van der Waals surface area contributed by atoms with Crippen molar-refractivity contribution < 1.29 is 4.79 Å². The number of urea groups is 1. The summed E-state index contributed by atoms with van der Waals surface area (Å²) in [6.45, 7) is 1.91. The first kappa shape index (κ1) is 17.5. The zero-order chi connectivity index (χ0) is 19.5. The van der Waals surface area contributed by atoms with Gasteiger partial charge in [0.25, 0.3) is 5.56 Å². The predicted octanol–water partition coefficient (Wildman–Crippen LogP) is 3.19. The average Bonchev–Trinajstić information content (AvgIpc) is 3.07. The first-order chi connectivity index (χ1) is 13.6. The van der Waals surface area contributed by atoms with Gasteiger partial charge in [0.2, 0.25) is 0 Å². The molecule has 0 saturated heterocycles. The van der Waals surface area contributed by atoms with Gasteiger partial charge in [-0.3, -0.25) is 9.78 Å². The molecule has 0 radical (unpaired) electrons. The number of amides is 2. The van der Waals surface area contributed by atoms with Crippen molar-refractivity contribution >= 4 is 28.4 Å². The van der Waals surface area contributed by atoms with E-state index in [-0.39, 0.29) is 11.6 Å². The Bertz CT molecular complexity index is 1190. The van der Waals surface area contributed by atoms with Gasteiger partial charge in [0, 0.05) is 24.5 Å². The van der Waals surface area contributed by atoms with Crippen LogP contribution in [0.25, 0.3) is 11.0 Å². The second-order valence-electron chi connectivity index (χ2n) is 6.46. The molecule has 0 spiro atoms. The first-order valence-corrected chi connectivity index (χ1v) is 8.72. The molecule has 0 aliphatic heterocycles. The highest BCUT2D eigenvalue weighted by Crippen LogP contribution is 2.15. The van der Waals surface area contributed by atoms with E-state index in [0.717, 1.165) is 11.1 Å². The van der Waals surface area contributed by atoms with Crippen LogP contribution in [0.5, 0.6) is 0 Å². The van der Waals surface area contributed by atoms with Crippen LogP contribution in [0.1, 0.15) is 17.0 Å². The van der Waals surface area contributed by atoms with Crippen LogP contribution >= 0.6 is 0 Å². The minimum atomic E-state index is -0.336. The number of aryl methyl sites for hydroxylation is 1. The third-order valence-corrected chi connectivity index (χ3v) is 4.18. The summed E-state index contributed by atoms with van der Waals surface area (Å²) in [6, 6.07) is 10.7. The molecular formula is C20H18N6O2. The average molecular weight is 374 g/mol. The van der Waals surface area contributed by atoms with Crippen molar-refractivity contribution in [2.75, 3.05) is 10.6 Å². The third-order valence-electron chi connectivity index (χ3n) is 4.18. The number of benzene rings is 1. The number of nitrogens with zero attached hydrogens (tertiary/aromatic N) is 2. The number of anilines is 2. The van der Waals surface area contributed by atoms with Crippen LogP contribution in [-0.2, 0) is 6.42 Å². The molecule has 0 aliphatic rings. The smallest absolute Gasteiger partial charge is 0.323 e. The van der Waals surface area contributed by atoms with Gasteiger partial charge in [-0.1, -0.05) is 12.1 Å². The van der Waals surface area contributed by atoms with Crippen LogP contribution in [0.3, 0.4) is 0 Å². The number of carbonyl (C=O) groups is 1. The molecule has 0 aliphatic carbocycles. The van der Waals surface area contributed by atoms with Gasteiger partial charge in [0.05, 0.1) is 17.4 Å². The normalized spacial score (nSPS) is 10.8. The quantitative estimate of drug-likeness (QED) is 0.439. The summed E-state index contributed by atoms with van der Waals surface area (Å²) in [4.78, 5) is 38.0. The number of rotatable bonds is 4. The lowest BCUT2D eigenvalue weighted by Gasteiger charge is -2.08. The lowest BCUT2D eigenvalue weighted by Crippen LogP contribution is -2.19. The molecule has 0 unspecified atom stereocenters. The van der Waals surface area contributed by atoms with Crippen LogP contribution in [0.2, 0.25) is 0 Å². The van der Waals surface area contributed by atoms with Gasteiger partial charge >= 0.3 is 6.03 Å². The minimum absolute atomic E-state index is 0.214. The molecule has 0 saturated carbocycles. The number of carbonyl (C=O) groups excluding carboxylic acids is 1. The predicted molar refractivity (Wildman–Crippen MR) is 108 cm³/mol. The van der Waals surface area contributed by atoms with Crippen molar-refractivity contribution in [3.8, 4) is 0 Å². The van der Waals surface area contributed by atoms with Gasteiger partial charge < -0.3 is 20.6 Å². The number of nitrogens with one attached hydrogen (secondary N) is 4. The summed E-state index contributed by atoms with van der Waals surface area (Å²) in [7, 11) is 0. The van der Waals surface area contributed by atoms with Crippen molar-refractivity contribution in [3.05, 3.63) is 82.3 Å². The molecule has 2 amide bonds. The van der Waals surface area contributed by atoms with Crippen LogP contribution in [-0.4, -0.2) is 26.0 Å².